The average Bonchev–Trinajstić information content (AvgIpc) is 3.01. The summed E-state index contributed by atoms with van der Waals surface area (Å²) in [5.74, 6) is 0. The molecule has 2 aromatic rings. The second-order valence-electron chi connectivity index (χ2n) is 4.88. The minimum absolute atomic E-state index is 0. The molecule has 0 amide bonds. The number of halogens is 1. The van der Waals surface area contributed by atoms with Crippen molar-refractivity contribution >= 4 is 60.1 Å². The van der Waals surface area contributed by atoms with E-state index >= 15 is 0 Å². The van der Waals surface area contributed by atoms with E-state index in [0.29, 0.717) is 11.2 Å². The maximum atomic E-state index is 11.5. The van der Waals surface area contributed by atoms with Crippen LogP contribution in [0.3, 0.4) is 0 Å². The third kappa shape index (κ3) is 2.98. The summed E-state index contributed by atoms with van der Waals surface area (Å²) in [5, 5.41) is 10.5. The van der Waals surface area contributed by atoms with Gasteiger partial charge in [0.2, 0.25) is 0 Å². The largest absolute Gasteiger partial charge is 0.472 e. The molecule has 13 heteroatoms. The van der Waals surface area contributed by atoms with Crippen LogP contribution in [0.5, 0.6) is 0 Å². The van der Waals surface area contributed by atoms with Gasteiger partial charge in [-0.05, 0) is 0 Å². The van der Waals surface area contributed by atoms with Crippen molar-refractivity contribution in [3.8, 4) is 0 Å². The van der Waals surface area contributed by atoms with E-state index < -0.39 is 32.4 Å². The van der Waals surface area contributed by atoms with Crippen LogP contribution in [-0.4, -0.2) is 84.0 Å². The number of hydrogen-bond acceptors (Lipinski definition) is 8. The maximum Gasteiger partial charge on any atom is 0.472 e. The molecule has 0 saturated carbocycles. The summed E-state index contributed by atoms with van der Waals surface area (Å²) in [6.07, 6.45) is -1.09. The number of aromatic nitrogens is 4. The smallest absolute Gasteiger partial charge is 0.386 e. The molecule has 1 radical (unpaired) electrons. The Morgan fingerprint density at radius 2 is 2.17 bits per heavy atom. The summed E-state index contributed by atoms with van der Waals surface area (Å²) in [5.41, 5.74) is 0.732. The first kappa shape index (κ1) is 17.7. The standard InChI is InChI=1S/C10H10ClN4O6P.Na/c11-8-5-9(13-2-12-8)15(3-14-5)10-6(16)7-4(20-10)1-19-22(17,18)21-7;/h2-4,6-7,10,16H,1H2,(H,17,18);/t4-,6-,7-,10-;/m1./s1. The van der Waals surface area contributed by atoms with Gasteiger partial charge in [-0.25, -0.2) is 19.5 Å². The third-order valence-electron chi connectivity index (χ3n) is 3.55. The van der Waals surface area contributed by atoms with Crippen LogP contribution in [0.15, 0.2) is 12.7 Å². The molecule has 0 aliphatic carbocycles. The van der Waals surface area contributed by atoms with Gasteiger partial charge in [-0.3, -0.25) is 13.6 Å². The van der Waals surface area contributed by atoms with Crippen molar-refractivity contribution in [3.63, 3.8) is 0 Å². The number of aliphatic hydroxyl groups is 1. The fraction of sp³-hybridized carbons (Fsp3) is 0.500. The van der Waals surface area contributed by atoms with E-state index in [-0.39, 0.29) is 41.3 Å². The molecule has 2 N–H and O–H groups in total. The Morgan fingerprint density at radius 3 is 2.96 bits per heavy atom. The maximum absolute atomic E-state index is 11.5. The molecule has 5 atom stereocenters. The van der Waals surface area contributed by atoms with Crippen molar-refractivity contribution in [3.05, 3.63) is 17.8 Å². The second-order valence-corrected chi connectivity index (χ2v) is 6.64. The number of imidazole rings is 1. The van der Waals surface area contributed by atoms with Gasteiger partial charge in [0.05, 0.1) is 12.9 Å². The minimum Gasteiger partial charge on any atom is -0.386 e. The van der Waals surface area contributed by atoms with Crippen LogP contribution in [0.25, 0.3) is 11.2 Å². The SMILES string of the molecule is O=P1(O)OC[C@H]2O[C@@H](n3cnc4c(Cl)ncnc43)[C@H](O)[C@@H]2O1.[Na]. The van der Waals surface area contributed by atoms with Gasteiger partial charge in [0.15, 0.2) is 17.0 Å². The van der Waals surface area contributed by atoms with Crippen LogP contribution in [0.2, 0.25) is 5.15 Å². The summed E-state index contributed by atoms with van der Waals surface area (Å²) in [4.78, 5) is 21.3. The normalized spacial score (nSPS) is 36.7. The molecule has 119 valence electrons. The Kier molecular flexibility index (Phi) is 4.85. The van der Waals surface area contributed by atoms with Crippen molar-refractivity contribution in [1.82, 2.24) is 19.5 Å². The monoisotopic (exact) mass is 371 g/mol. The van der Waals surface area contributed by atoms with Gasteiger partial charge in [-0.1, -0.05) is 11.6 Å². The number of ether oxygens (including phenoxy) is 1. The van der Waals surface area contributed by atoms with Gasteiger partial charge in [-0.2, -0.15) is 0 Å². The summed E-state index contributed by atoms with van der Waals surface area (Å²) >= 11 is 5.93. The van der Waals surface area contributed by atoms with Crippen molar-refractivity contribution < 1.29 is 28.3 Å². The first-order valence-electron chi connectivity index (χ1n) is 6.28. The third-order valence-corrected chi connectivity index (χ3v) is 4.82. The number of aliphatic hydroxyl groups excluding tert-OH is 1. The molecular formula is C10H10ClN4NaO6P. The summed E-state index contributed by atoms with van der Waals surface area (Å²) < 4.78 is 28.2. The molecule has 4 rings (SSSR count). The summed E-state index contributed by atoms with van der Waals surface area (Å²) in [6, 6.07) is 0. The zero-order valence-corrected chi connectivity index (χ0v) is 15.5. The van der Waals surface area contributed by atoms with Crippen molar-refractivity contribution in [2.45, 2.75) is 24.5 Å². The van der Waals surface area contributed by atoms with Gasteiger partial charge in [-0.15, -0.1) is 0 Å². The van der Waals surface area contributed by atoms with Crippen molar-refractivity contribution in [2.75, 3.05) is 6.61 Å². The van der Waals surface area contributed by atoms with Gasteiger partial charge >= 0.3 is 7.82 Å². The Balaban J connectivity index is 0.00000156. The Hall–Kier alpha value is -0.130. The van der Waals surface area contributed by atoms with E-state index in [1.165, 1.54) is 17.2 Å². The predicted molar refractivity (Wildman–Crippen MR) is 76.7 cm³/mol. The molecule has 4 heterocycles. The van der Waals surface area contributed by atoms with E-state index in [1.807, 2.05) is 0 Å². The van der Waals surface area contributed by atoms with Crippen LogP contribution >= 0.6 is 19.4 Å². The van der Waals surface area contributed by atoms with Gasteiger partial charge in [0.25, 0.3) is 0 Å². The second kappa shape index (κ2) is 6.30. The number of fused-ring (bicyclic) bond motifs is 2. The molecule has 0 spiro atoms. The zero-order chi connectivity index (χ0) is 15.5. The molecular weight excluding hydrogens is 362 g/mol. The van der Waals surface area contributed by atoms with Gasteiger partial charge in [0, 0.05) is 29.6 Å². The molecule has 2 fully saturated rings. The average molecular weight is 372 g/mol. The molecule has 2 aromatic heterocycles. The minimum atomic E-state index is -4.16. The van der Waals surface area contributed by atoms with E-state index in [2.05, 4.69) is 19.5 Å². The van der Waals surface area contributed by atoms with Crippen LogP contribution in [0.1, 0.15) is 6.23 Å². The number of nitrogens with zero attached hydrogens (tertiary/aromatic N) is 4. The number of hydrogen-bond donors (Lipinski definition) is 2. The van der Waals surface area contributed by atoms with E-state index in [1.54, 1.807) is 0 Å². The van der Waals surface area contributed by atoms with Crippen LogP contribution < -0.4 is 0 Å². The topological polar surface area (TPSA) is 129 Å². The van der Waals surface area contributed by atoms with E-state index in [9.17, 15) is 14.6 Å². The summed E-state index contributed by atoms with van der Waals surface area (Å²) in [6.45, 7) is -0.158. The zero-order valence-electron chi connectivity index (χ0n) is 11.8. The first-order chi connectivity index (χ1) is 10.5. The Labute approximate surface area is 156 Å². The van der Waals surface area contributed by atoms with E-state index in [4.69, 9.17) is 20.9 Å². The number of phosphoric acid groups is 1. The molecule has 10 nitrogen and oxygen atoms in total. The summed E-state index contributed by atoms with van der Waals surface area (Å²) in [7, 11) is -4.16. The van der Waals surface area contributed by atoms with Crippen molar-refractivity contribution in [1.29, 1.82) is 0 Å². The number of phosphoric ester groups is 1. The van der Waals surface area contributed by atoms with Crippen LogP contribution in [-0.2, 0) is 18.3 Å². The molecule has 2 saturated heterocycles. The van der Waals surface area contributed by atoms with Crippen molar-refractivity contribution in [2.24, 2.45) is 0 Å². The molecule has 2 aliphatic heterocycles. The molecule has 1 unspecified atom stereocenters. The van der Waals surface area contributed by atoms with E-state index in [0.717, 1.165) is 0 Å². The number of rotatable bonds is 1. The van der Waals surface area contributed by atoms with Crippen LogP contribution in [0, 0.1) is 0 Å². The fourth-order valence-electron chi connectivity index (χ4n) is 2.58. The molecule has 0 aromatic carbocycles. The first-order valence-corrected chi connectivity index (χ1v) is 8.16. The fourth-order valence-corrected chi connectivity index (χ4v) is 3.72. The van der Waals surface area contributed by atoms with Gasteiger partial charge < -0.3 is 14.7 Å². The molecule has 2 aliphatic rings. The van der Waals surface area contributed by atoms with Gasteiger partial charge in [0.1, 0.15) is 30.2 Å². The van der Waals surface area contributed by atoms with Crippen LogP contribution in [0.4, 0.5) is 0 Å². The Bertz CT molecular complexity index is 792. The quantitative estimate of drug-likeness (QED) is 0.400. The molecule has 0 bridgehead atoms. The predicted octanol–water partition coefficient (Wildman–Crippen LogP) is -0.127. The molecule has 23 heavy (non-hydrogen) atoms. The Morgan fingerprint density at radius 1 is 1.39 bits per heavy atom.